The SMILES string of the molecule is C=C(c1cnc[nH]1)C(C)(c1ccccc1)S(N)(=O)=O. The molecule has 100 valence electrons. The standard InChI is InChI=1S/C13H15N3O2S/c1-10(12-8-15-9-16-12)13(2,19(14,17)18)11-6-4-3-5-7-11/h3-9H,1H2,2H3,(H,15,16)(H2,14,17,18). The second kappa shape index (κ2) is 4.64. The van der Waals surface area contributed by atoms with Crippen LogP contribution in [0, 0.1) is 0 Å². The number of hydrogen-bond donors (Lipinski definition) is 2. The van der Waals surface area contributed by atoms with Gasteiger partial charge in [0.1, 0.15) is 4.75 Å². The minimum atomic E-state index is -3.89. The summed E-state index contributed by atoms with van der Waals surface area (Å²) in [5.41, 5.74) is 1.47. The normalized spacial score (nSPS) is 14.8. The average molecular weight is 277 g/mol. The Hall–Kier alpha value is -1.92. The molecule has 1 atom stereocenters. The Morgan fingerprint density at radius 2 is 2.00 bits per heavy atom. The molecular weight excluding hydrogens is 262 g/mol. The number of sulfonamides is 1. The van der Waals surface area contributed by atoms with E-state index in [-0.39, 0.29) is 0 Å². The van der Waals surface area contributed by atoms with Crippen molar-refractivity contribution in [3.8, 4) is 0 Å². The van der Waals surface area contributed by atoms with E-state index in [2.05, 4.69) is 16.5 Å². The molecule has 0 aliphatic heterocycles. The van der Waals surface area contributed by atoms with E-state index in [4.69, 9.17) is 5.14 Å². The molecule has 0 aliphatic carbocycles. The molecule has 5 nitrogen and oxygen atoms in total. The minimum absolute atomic E-state index is 0.360. The number of aromatic nitrogens is 2. The lowest BCUT2D eigenvalue weighted by molar-refractivity contribution is 0.573. The lowest BCUT2D eigenvalue weighted by Crippen LogP contribution is -2.39. The number of rotatable bonds is 4. The molecule has 0 spiro atoms. The van der Waals surface area contributed by atoms with Crippen LogP contribution in [0.5, 0.6) is 0 Å². The zero-order chi connectivity index (χ0) is 14.1. The van der Waals surface area contributed by atoms with Crippen molar-refractivity contribution in [1.29, 1.82) is 0 Å². The molecular formula is C13H15N3O2S. The fourth-order valence-electron chi connectivity index (χ4n) is 1.94. The molecule has 0 fully saturated rings. The second-order valence-corrected chi connectivity index (χ2v) is 6.29. The van der Waals surface area contributed by atoms with Crippen LogP contribution in [-0.4, -0.2) is 18.4 Å². The average Bonchev–Trinajstić information content (AvgIpc) is 2.90. The molecule has 1 aromatic heterocycles. The van der Waals surface area contributed by atoms with Crippen molar-refractivity contribution in [2.45, 2.75) is 11.7 Å². The summed E-state index contributed by atoms with van der Waals surface area (Å²) in [6.07, 6.45) is 2.99. The Labute approximate surface area is 112 Å². The van der Waals surface area contributed by atoms with Crippen LogP contribution in [0.15, 0.2) is 49.4 Å². The first-order chi connectivity index (χ1) is 8.87. The predicted octanol–water partition coefficient (Wildman–Crippen LogP) is 1.63. The molecule has 0 aliphatic rings. The first kappa shape index (κ1) is 13.5. The summed E-state index contributed by atoms with van der Waals surface area (Å²) in [6.45, 7) is 5.42. The van der Waals surface area contributed by atoms with Gasteiger partial charge in [-0.15, -0.1) is 0 Å². The molecule has 1 aromatic carbocycles. The molecule has 2 aromatic rings. The van der Waals surface area contributed by atoms with Gasteiger partial charge >= 0.3 is 0 Å². The van der Waals surface area contributed by atoms with E-state index in [1.165, 1.54) is 12.5 Å². The highest BCUT2D eigenvalue weighted by molar-refractivity contribution is 7.90. The lowest BCUT2D eigenvalue weighted by Gasteiger charge is -2.29. The third-order valence-corrected chi connectivity index (χ3v) is 4.91. The number of aromatic amines is 1. The maximum atomic E-state index is 12.1. The molecule has 0 saturated heterocycles. The summed E-state index contributed by atoms with van der Waals surface area (Å²) < 4.78 is 22.7. The lowest BCUT2D eigenvalue weighted by atomic mass is 9.91. The van der Waals surface area contributed by atoms with Crippen molar-refractivity contribution in [2.24, 2.45) is 5.14 Å². The van der Waals surface area contributed by atoms with Crippen LogP contribution in [0.1, 0.15) is 18.2 Å². The van der Waals surface area contributed by atoms with E-state index in [1.54, 1.807) is 31.2 Å². The molecule has 1 unspecified atom stereocenters. The summed E-state index contributed by atoms with van der Waals surface area (Å²) in [4.78, 5) is 6.73. The van der Waals surface area contributed by atoms with E-state index in [0.29, 0.717) is 16.8 Å². The first-order valence-corrected chi connectivity index (χ1v) is 7.18. The van der Waals surface area contributed by atoms with Crippen molar-refractivity contribution < 1.29 is 8.42 Å². The minimum Gasteiger partial charge on any atom is -0.345 e. The van der Waals surface area contributed by atoms with Gasteiger partial charge in [-0.05, 0) is 18.1 Å². The molecule has 3 N–H and O–H groups in total. The Morgan fingerprint density at radius 1 is 1.37 bits per heavy atom. The van der Waals surface area contributed by atoms with E-state index >= 15 is 0 Å². The maximum absolute atomic E-state index is 12.1. The zero-order valence-electron chi connectivity index (χ0n) is 10.5. The number of imidazole rings is 1. The van der Waals surface area contributed by atoms with Crippen molar-refractivity contribution in [3.05, 3.63) is 60.7 Å². The summed E-state index contributed by atoms with van der Waals surface area (Å²) in [5.74, 6) is 0. The van der Waals surface area contributed by atoms with Crippen LogP contribution >= 0.6 is 0 Å². The number of primary sulfonamides is 1. The number of H-pyrrole nitrogens is 1. The molecule has 1 heterocycles. The second-order valence-electron chi connectivity index (χ2n) is 4.39. The summed E-state index contributed by atoms with van der Waals surface area (Å²) >= 11 is 0. The Morgan fingerprint density at radius 3 is 2.47 bits per heavy atom. The van der Waals surface area contributed by atoms with Crippen molar-refractivity contribution >= 4 is 15.6 Å². The smallest absolute Gasteiger partial charge is 0.223 e. The van der Waals surface area contributed by atoms with Crippen LogP contribution in [0.3, 0.4) is 0 Å². The maximum Gasteiger partial charge on any atom is 0.223 e. The van der Waals surface area contributed by atoms with E-state index < -0.39 is 14.8 Å². The van der Waals surface area contributed by atoms with Gasteiger partial charge in [-0.1, -0.05) is 36.9 Å². The highest BCUT2D eigenvalue weighted by atomic mass is 32.2. The fourth-order valence-corrected chi connectivity index (χ4v) is 2.86. The quantitative estimate of drug-likeness (QED) is 0.890. The van der Waals surface area contributed by atoms with Gasteiger partial charge in [0, 0.05) is 0 Å². The predicted molar refractivity (Wildman–Crippen MR) is 74.5 cm³/mol. The molecule has 0 radical (unpaired) electrons. The van der Waals surface area contributed by atoms with Crippen molar-refractivity contribution in [2.75, 3.05) is 0 Å². The largest absolute Gasteiger partial charge is 0.345 e. The summed E-state index contributed by atoms with van der Waals surface area (Å²) in [6, 6.07) is 8.77. The van der Waals surface area contributed by atoms with Crippen LogP contribution in [-0.2, 0) is 14.8 Å². The summed E-state index contributed by atoms with van der Waals surface area (Å²) in [5, 5.41) is 5.43. The molecule has 2 rings (SSSR count). The van der Waals surface area contributed by atoms with Crippen LogP contribution in [0.25, 0.3) is 5.57 Å². The number of nitrogens with zero attached hydrogens (tertiary/aromatic N) is 1. The molecule has 0 amide bonds. The number of nitrogens with two attached hydrogens (primary N) is 1. The van der Waals surface area contributed by atoms with Gasteiger partial charge in [0.15, 0.2) is 0 Å². The van der Waals surface area contributed by atoms with Crippen molar-refractivity contribution in [1.82, 2.24) is 9.97 Å². The first-order valence-electron chi connectivity index (χ1n) is 5.63. The van der Waals surface area contributed by atoms with E-state index in [0.717, 1.165) is 0 Å². The highest BCUT2D eigenvalue weighted by Crippen LogP contribution is 2.39. The number of hydrogen-bond acceptors (Lipinski definition) is 3. The third-order valence-electron chi connectivity index (χ3n) is 3.29. The van der Waals surface area contributed by atoms with E-state index in [9.17, 15) is 8.42 Å². The summed E-state index contributed by atoms with van der Waals surface area (Å²) in [7, 11) is -3.89. The molecule has 0 bridgehead atoms. The van der Waals surface area contributed by atoms with Crippen LogP contribution in [0.4, 0.5) is 0 Å². The molecule has 19 heavy (non-hydrogen) atoms. The number of benzene rings is 1. The Kier molecular flexibility index (Phi) is 3.30. The van der Waals surface area contributed by atoms with Gasteiger partial charge in [0.2, 0.25) is 10.0 Å². The van der Waals surface area contributed by atoms with Gasteiger partial charge in [0.25, 0.3) is 0 Å². The number of nitrogens with one attached hydrogen (secondary N) is 1. The van der Waals surface area contributed by atoms with Gasteiger partial charge in [-0.3, -0.25) is 0 Å². The van der Waals surface area contributed by atoms with E-state index in [1.807, 2.05) is 6.07 Å². The Balaban J connectivity index is 2.64. The third kappa shape index (κ3) is 2.20. The van der Waals surface area contributed by atoms with Crippen LogP contribution in [0.2, 0.25) is 0 Å². The zero-order valence-corrected chi connectivity index (χ0v) is 11.3. The molecule has 6 heteroatoms. The van der Waals surface area contributed by atoms with Crippen LogP contribution < -0.4 is 5.14 Å². The van der Waals surface area contributed by atoms with Crippen molar-refractivity contribution in [3.63, 3.8) is 0 Å². The molecule has 0 saturated carbocycles. The highest BCUT2D eigenvalue weighted by Gasteiger charge is 2.42. The fraction of sp³-hybridized carbons (Fsp3) is 0.154. The topological polar surface area (TPSA) is 88.8 Å². The Bertz CT molecular complexity index is 678. The van der Waals surface area contributed by atoms with Gasteiger partial charge in [-0.25, -0.2) is 18.5 Å². The van der Waals surface area contributed by atoms with Gasteiger partial charge in [-0.2, -0.15) is 0 Å². The van der Waals surface area contributed by atoms with Gasteiger partial charge in [0.05, 0.1) is 18.2 Å². The van der Waals surface area contributed by atoms with Gasteiger partial charge < -0.3 is 4.98 Å². The monoisotopic (exact) mass is 277 g/mol.